The molecule has 0 saturated carbocycles. The van der Waals surface area contributed by atoms with E-state index in [9.17, 15) is 0 Å². The fourth-order valence-corrected chi connectivity index (χ4v) is 1.94. The first-order valence-corrected chi connectivity index (χ1v) is 5.72. The minimum Gasteiger partial charge on any atom is -0.377 e. The van der Waals surface area contributed by atoms with E-state index in [0.717, 1.165) is 19.6 Å². The molecule has 0 aromatic rings. The Morgan fingerprint density at radius 1 is 1.57 bits per heavy atom. The SMILES string of the molecule is CCC(N)C(C)N(C)CC1CCCO1. The lowest BCUT2D eigenvalue weighted by molar-refractivity contribution is 0.0663. The summed E-state index contributed by atoms with van der Waals surface area (Å²) in [6.45, 7) is 6.30. The van der Waals surface area contributed by atoms with Crippen molar-refractivity contribution >= 4 is 0 Å². The molecule has 0 aromatic heterocycles. The molecule has 0 amide bonds. The maximum Gasteiger partial charge on any atom is 0.0702 e. The fourth-order valence-electron chi connectivity index (χ4n) is 1.94. The van der Waals surface area contributed by atoms with Crippen LogP contribution in [0.15, 0.2) is 0 Å². The maximum absolute atomic E-state index is 6.01. The molecule has 1 heterocycles. The average molecular weight is 200 g/mol. The first-order valence-electron chi connectivity index (χ1n) is 5.72. The molecule has 3 unspecified atom stereocenters. The highest BCUT2D eigenvalue weighted by Crippen LogP contribution is 2.14. The van der Waals surface area contributed by atoms with E-state index >= 15 is 0 Å². The van der Waals surface area contributed by atoms with Crippen LogP contribution in [0.1, 0.15) is 33.1 Å². The molecule has 0 aliphatic carbocycles. The number of nitrogens with zero attached hydrogens (tertiary/aromatic N) is 1. The molecule has 14 heavy (non-hydrogen) atoms. The summed E-state index contributed by atoms with van der Waals surface area (Å²) in [5, 5.41) is 0. The van der Waals surface area contributed by atoms with Crippen LogP contribution in [-0.2, 0) is 4.74 Å². The van der Waals surface area contributed by atoms with Crippen LogP contribution in [0.5, 0.6) is 0 Å². The minimum absolute atomic E-state index is 0.279. The molecule has 3 heteroatoms. The molecule has 0 aromatic carbocycles. The Labute approximate surface area is 87.6 Å². The third-order valence-corrected chi connectivity index (χ3v) is 3.30. The smallest absolute Gasteiger partial charge is 0.0702 e. The lowest BCUT2D eigenvalue weighted by Gasteiger charge is -2.30. The van der Waals surface area contributed by atoms with Gasteiger partial charge in [0.2, 0.25) is 0 Å². The van der Waals surface area contributed by atoms with Crippen molar-refractivity contribution < 1.29 is 4.74 Å². The van der Waals surface area contributed by atoms with Crippen LogP contribution < -0.4 is 5.73 Å². The molecule has 1 saturated heterocycles. The Kier molecular flexibility index (Phi) is 4.85. The monoisotopic (exact) mass is 200 g/mol. The molecular weight excluding hydrogens is 176 g/mol. The van der Waals surface area contributed by atoms with Crippen molar-refractivity contribution in [3.8, 4) is 0 Å². The van der Waals surface area contributed by atoms with Crippen molar-refractivity contribution in [2.75, 3.05) is 20.2 Å². The summed E-state index contributed by atoms with van der Waals surface area (Å²) >= 11 is 0. The van der Waals surface area contributed by atoms with Crippen LogP contribution in [0, 0.1) is 0 Å². The number of rotatable bonds is 5. The molecule has 84 valence electrons. The Morgan fingerprint density at radius 2 is 2.29 bits per heavy atom. The molecule has 0 radical (unpaired) electrons. The zero-order chi connectivity index (χ0) is 10.6. The highest BCUT2D eigenvalue weighted by molar-refractivity contribution is 4.78. The van der Waals surface area contributed by atoms with Gasteiger partial charge >= 0.3 is 0 Å². The van der Waals surface area contributed by atoms with Crippen LogP contribution in [0.4, 0.5) is 0 Å². The van der Waals surface area contributed by atoms with Gasteiger partial charge < -0.3 is 10.5 Å². The lowest BCUT2D eigenvalue weighted by atomic mass is 10.1. The van der Waals surface area contributed by atoms with Gasteiger partial charge in [0.15, 0.2) is 0 Å². The molecule has 3 atom stereocenters. The highest BCUT2D eigenvalue weighted by atomic mass is 16.5. The van der Waals surface area contributed by atoms with Crippen molar-refractivity contribution in [3.05, 3.63) is 0 Å². The van der Waals surface area contributed by atoms with E-state index in [-0.39, 0.29) is 6.04 Å². The van der Waals surface area contributed by atoms with Crippen LogP contribution >= 0.6 is 0 Å². The molecule has 2 N–H and O–H groups in total. The molecule has 1 fully saturated rings. The summed E-state index contributed by atoms with van der Waals surface area (Å²) < 4.78 is 5.60. The van der Waals surface area contributed by atoms with E-state index < -0.39 is 0 Å². The van der Waals surface area contributed by atoms with Crippen LogP contribution in [-0.4, -0.2) is 43.3 Å². The number of likely N-dealkylation sites (N-methyl/N-ethyl adjacent to an activating group) is 1. The minimum atomic E-state index is 0.279. The van der Waals surface area contributed by atoms with Gasteiger partial charge in [-0.2, -0.15) is 0 Å². The average Bonchev–Trinajstić information content (AvgIpc) is 2.68. The molecule has 1 aliphatic heterocycles. The van der Waals surface area contributed by atoms with Crippen LogP contribution in [0.3, 0.4) is 0 Å². The van der Waals surface area contributed by atoms with E-state index in [1.807, 2.05) is 0 Å². The van der Waals surface area contributed by atoms with Gasteiger partial charge in [0.25, 0.3) is 0 Å². The summed E-state index contributed by atoms with van der Waals surface area (Å²) in [6.07, 6.45) is 3.90. The van der Waals surface area contributed by atoms with Gasteiger partial charge in [0.05, 0.1) is 6.10 Å². The number of hydrogen-bond acceptors (Lipinski definition) is 3. The third-order valence-electron chi connectivity index (χ3n) is 3.30. The van der Waals surface area contributed by atoms with Crippen molar-refractivity contribution in [2.24, 2.45) is 5.73 Å². The quantitative estimate of drug-likeness (QED) is 0.725. The molecule has 0 bridgehead atoms. The van der Waals surface area contributed by atoms with Gasteiger partial charge in [0.1, 0.15) is 0 Å². The van der Waals surface area contributed by atoms with Crippen molar-refractivity contribution in [1.82, 2.24) is 4.90 Å². The van der Waals surface area contributed by atoms with Gasteiger partial charge in [-0.3, -0.25) is 4.90 Å². The molecule has 3 nitrogen and oxygen atoms in total. The van der Waals surface area contributed by atoms with E-state index in [1.54, 1.807) is 0 Å². The van der Waals surface area contributed by atoms with Gasteiger partial charge in [0, 0.05) is 25.2 Å². The zero-order valence-electron chi connectivity index (χ0n) is 9.70. The van der Waals surface area contributed by atoms with Gasteiger partial charge in [-0.25, -0.2) is 0 Å². The second kappa shape index (κ2) is 5.69. The summed E-state index contributed by atoms with van der Waals surface area (Å²) in [4.78, 5) is 2.32. The summed E-state index contributed by atoms with van der Waals surface area (Å²) in [5.74, 6) is 0. The van der Waals surface area contributed by atoms with Crippen molar-refractivity contribution in [3.63, 3.8) is 0 Å². The second-order valence-electron chi connectivity index (χ2n) is 4.39. The van der Waals surface area contributed by atoms with Gasteiger partial charge in [-0.05, 0) is 33.2 Å². The predicted molar refractivity (Wildman–Crippen MR) is 59.3 cm³/mol. The van der Waals surface area contributed by atoms with Crippen molar-refractivity contribution in [1.29, 1.82) is 0 Å². The van der Waals surface area contributed by atoms with E-state index in [2.05, 4.69) is 25.8 Å². The Hall–Kier alpha value is -0.120. The third kappa shape index (κ3) is 3.23. The van der Waals surface area contributed by atoms with Gasteiger partial charge in [-0.1, -0.05) is 6.92 Å². The number of nitrogens with two attached hydrogens (primary N) is 1. The van der Waals surface area contributed by atoms with Crippen molar-refractivity contribution in [2.45, 2.75) is 51.3 Å². The first-order chi connectivity index (χ1) is 6.65. The lowest BCUT2D eigenvalue weighted by Crippen LogP contribution is -2.46. The highest BCUT2D eigenvalue weighted by Gasteiger charge is 2.22. The van der Waals surface area contributed by atoms with Gasteiger partial charge in [-0.15, -0.1) is 0 Å². The topological polar surface area (TPSA) is 38.5 Å². The molecule has 1 aliphatic rings. The largest absolute Gasteiger partial charge is 0.377 e. The predicted octanol–water partition coefficient (Wildman–Crippen LogP) is 1.22. The first kappa shape index (κ1) is 12.0. The number of hydrogen-bond donors (Lipinski definition) is 1. The summed E-state index contributed by atoms with van der Waals surface area (Å²) in [5.41, 5.74) is 6.01. The second-order valence-corrected chi connectivity index (χ2v) is 4.39. The zero-order valence-corrected chi connectivity index (χ0v) is 9.70. The van der Waals surface area contributed by atoms with E-state index in [1.165, 1.54) is 12.8 Å². The molecular formula is C11H24N2O. The number of ether oxygens (including phenoxy) is 1. The fraction of sp³-hybridized carbons (Fsp3) is 1.00. The van der Waals surface area contributed by atoms with E-state index in [4.69, 9.17) is 10.5 Å². The Balaban J connectivity index is 2.28. The van der Waals surface area contributed by atoms with Crippen LogP contribution in [0.25, 0.3) is 0 Å². The normalized spacial score (nSPS) is 26.8. The summed E-state index contributed by atoms with van der Waals surface area (Å²) in [6, 6.07) is 0.727. The standard InChI is InChI=1S/C11H24N2O/c1-4-11(12)9(2)13(3)8-10-6-5-7-14-10/h9-11H,4-8,12H2,1-3H3. The Bertz CT molecular complexity index is 157. The molecule has 1 rings (SSSR count). The maximum atomic E-state index is 6.01. The Morgan fingerprint density at radius 3 is 2.79 bits per heavy atom. The summed E-state index contributed by atoms with van der Waals surface area (Å²) in [7, 11) is 2.14. The van der Waals surface area contributed by atoms with Crippen LogP contribution in [0.2, 0.25) is 0 Å². The van der Waals surface area contributed by atoms with E-state index in [0.29, 0.717) is 12.1 Å². The molecule has 0 spiro atoms.